The van der Waals surface area contributed by atoms with Crippen LogP contribution in [0.1, 0.15) is 70.4 Å². The Morgan fingerprint density at radius 1 is 1.12 bits per heavy atom. The van der Waals surface area contributed by atoms with Crippen LogP contribution in [-0.4, -0.2) is 28.2 Å². The Kier molecular flexibility index (Phi) is 6.42. The molecule has 2 aliphatic rings. The van der Waals surface area contributed by atoms with Gasteiger partial charge in [-0.3, -0.25) is 14.8 Å². The monoisotopic (exact) mass is 452 g/mol. The molecule has 34 heavy (non-hydrogen) atoms. The summed E-state index contributed by atoms with van der Waals surface area (Å²) in [6, 6.07) is 20.5. The highest BCUT2D eigenvalue weighted by molar-refractivity contribution is 6.16. The third-order valence-electron chi connectivity index (χ3n) is 7.54. The molecule has 0 amide bonds. The third-order valence-corrected chi connectivity index (χ3v) is 7.54. The van der Waals surface area contributed by atoms with Crippen LogP contribution in [0.4, 0.5) is 0 Å². The van der Waals surface area contributed by atoms with Crippen molar-refractivity contribution in [3.8, 4) is 0 Å². The lowest BCUT2D eigenvalue weighted by Gasteiger charge is -2.40. The summed E-state index contributed by atoms with van der Waals surface area (Å²) in [5.74, 6) is 0.500. The smallest absolute Gasteiger partial charge is 0.163 e. The lowest BCUT2D eigenvalue weighted by molar-refractivity contribution is 0.0520. The number of pyridine rings is 1. The average molecular weight is 453 g/mol. The van der Waals surface area contributed by atoms with Crippen LogP contribution in [0.2, 0.25) is 0 Å². The minimum Gasteiger partial charge on any atom is -0.396 e. The van der Waals surface area contributed by atoms with Crippen molar-refractivity contribution in [2.75, 3.05) is 6.61 Å². The molecule has 174 valence electrons. The molecule has 2 heterocycles. The van der Waals surface area contributed by atoms with Gasteiger partial charge in [-0.2, -0.15) is 0 Å². The molecule has 0 saturated heterocycles. The van der Waals surface area contributed by atoms with Gasteiger partial charge in [0.15, 0.2) is 5.78 Å². The van der Waals surface area contributed by atoms with E-state index in [0.717, 1.165) is 60.2 Å². The normalized spacial score (nSPS) is 21.7. The van der Waals surface area contributed by atoms with E-state index in [2.05, 4.69) is 35.3 Å². The first-order valence-electron chi connectivity index (χ1n) is 12.3. The minimum absolute atomic E-state index is 0.123. The molecule has 2 unspecified atom stereocenters. The van der Waals surface area contributed by atoms with Crippen molar-refractivity contribution in [1.82, 2.24) is 4.98 Å². The van der Waals surface area contributed by atoms with Crippen molar-refractivity contribution in [3.63, 3.8) is 0 Å². The Morgan fingerprint density at radius 3 is 2.76 bits per heavy atom. The molecule has 1 saturated carbocycles. The molecule has 1 aliphatic heterocycles. The summed E-state index contributed by atoms with van der Waals surface area (Å²) in [5, 5.41) is 10.3. The van der Waals surface area contributed by atoms with Gasteiger partial charge in [-0.25, -0.2) is 0 Å². The maximum atomic E-state index is 13.4. The number of aryl methyl sites for hydroxylation is 1. The third kappa shape index (κ3) is 4.74. The van der Waals surface area contributed by atoms with Gasteiger partial charge >= 0.3 is 0 Å². The molecular weight excluding hydrogens is 420 g/mol. The van der Waals surface area contributed by atoms with Crippen LogP contribution in [0.15, 0.2) is 71.9 Å². The van der Waals surface area contributed by atoms with Crippen LogP contribution >= 0.6 is 0 Å². The summed E-state index contributed by atoms with van der Waals surface area (Å²) in [7, 11) is 0. The van der Waals surface area contributed by atoms with Gasteiger partial charge in [0.05, 0.1) is 12.3 Å². The van der Waals surface area contributed by atoms with Crippen molar-refractivity contribution in [1.29, 1.82) is 0 Å². The maximum Gasteiger partial charge on any atom is 0.163 e. The highest BCUT2D eigenvalue weighted by atomic mass is 16.3. The molecule has 0 spiro atoms. The summed E-state index contributed by atoms with van der Waals surface area (Å²) in [6.45, 7) is 2.81. The number of benzene rings is 2. The van der Waals surface area contributed by atoms with Crippen molar-refractivity contribution in [2.24, 2.45) is 16.3 Å². The molecule has 5 rings (SSSR count). The molecule has 2 atom stereocenters. The van der Waals surface area contributed by atoms with Crippen molar-refractivity contribution in [2.45, 2.75) is 52.0 Å². The summed E-state index contributed by atoms with van der Waals surface area (Å²) in [5.41, 5.74) is 7.10. The number of carbonyl (C=O) groups excluding carboxylic acids is 1. The number of aliphatic hydroxyl groups is 1. The number of Topliss-reactive ketones (excluding diaryl/α,β-unsaturated/α-hetero) is 1. The first-order valence-corrected chi connectivity index (χ1v) is 12.3. The van der Waals surface area contributed by atoms with E-state index >= 15 is 0 Å². The van der Waals surface area contributed by atoms with E-state index in [1.54, 1.807) is 0 Å². The van der Waals surface area contributed by atoms with Crippen LogP contribution in [0.5, 0.6) is 0 Å². The molecule has 2 aromatic carbocycles. The number of nitrogens with zero attached hydrogens (tertiary/aromatic N) is 2. The van der Waals surface area contributed by atoms with Crippen molar-refractivity contribution < 1.29 is 9.90 Å². The fraction of sp³-hybridized carbons (Fsp3) is 0.367. The molecule has 3 aromatic rings. The Labute approximate surface area is 201 Å². The minimum atomic E-state index is -0.123. The van der Waals surface area contributed by atoms with E-state index in [4.69, 9.17) is 4.99 Å². The quantitative estimate of drug-likeness (QED) is 0.466. The first kappa shape index (κ1) is 22.7. The Morgan fingerprint density at radius 2 is 1.97 bits per heavy atom. The van der Waals surface area contributed by atoms with E-state index < -0.39 is 0 Å². The van der Waals surface area contributed by atoms with Gasteiger partial charge in [0.1, 0.15) is 0 Å². The maximum absolute atomic E-state index is 13.4. The topological polar surface area (TPSA) is 62.5 Å². The van der Waals surface area contributed by atoms with Crippen LogP contribution in [0.25, 0.3) is 0 Å². The highest BCUT2D eigenvalue weighted by Crippen LogP contribution is 2.43. The van der Waals surface area contributed by atoms with Gasteiger partial charge in [0.2, 0.25) is 0 Å². The zero-order valence-electron chi connectivity index (χ0n) is 19.8. The number of aliphatic imine (C=N–C) groups is 1. The van der Waals surface area contributed by atoms with E-state index in [-0.39, 0.29) is 17.8 Å². The predicted molar refractivity (Wildman–Crippen MR) is 135 cm³/mol. The second-order valence-electron chi connectivity index (χ2n) is 10.1. The Balaban J connectivity index is 1.31. The number of rotatable bonds is 7. The summed E-state index contributed by atoms with van der Waals surface area (Å²) < 4.78 is 0. The number of fused-ring (bicyclic) bond motifs is 1. The molecule has 1 N–H and O–H groups in total. The molecule has 0 radical (unpaired) electrons. The van der Waals surface area contributed by atoms with E-state index in [9.17, 15) is 9.90 Å². The zero-order chi connectivity index (χ0) is 23.5. The molecule has 1 aliphatic carbocycles. The number of aromatic nitrogens is 1. The van der Waals surface area contributed by atoms with Crippen molar-refractivity contribution in [3.05, 3.63) is 100 Å². The van der Waals surface area contributed by atoms with E-state index in [1.807, 2.05) is 43.5 Å². The van der Waals surface area contributed by atoms with E-state index in [0.29, 0.717) is 18.9 Å². The second kappa shape index (κ2) is 9.63. The molecule has 4 nitrogen and oxygen atoms in total. The van der Waals surface area contributed by atoms with Gasteiger partial charge in [0.25, 0.3) is 0 Å². The molecule has 4 heteroatoms. The van der Waals surface area contributed by atoms with Gasteiger partial charge in [-0.15, -0.1) is 0 Å². The lowest BCUT2D eigenvalue weighted by atomic mass is 9.66. The van der Waals surface area contributed by atoms with Gasteiger partial charge in [-0.1, -0.05) is 48.9 Å². The second-order valence-corrected chi connectivity index (χ2v) is 10.1. The number of aliphatic hydroxyl groups excluding tert-OH is 1. The Bertz CT molecular complexity index is 1220. The number of hydrogen-bond donors (Lipinski definition) is 1. The predicted octanol–water partition coefficient (Wildman–Crippen LogP) is 5.73. The summed E-state index contributed by atoms with van der Waals surface area (Å²) in [6.07, 6.45) is 7.26. The lowest BCUT2D eigenvalue weighted by Crippen LogP contribution is -2.35. The van der Waals surface area contributed by atoms with Crippen LogP contribution < -0.4 is 0 Å². The number of hydrogen-bond acceptors (Lipinski definition) is 4. The van der Waals surface area contributed by atoms with E-state index in [1.165, 1.54) is 11.1 Å². The highest BCUT2D eigenvalue weighted by Gasteiger charge is 2.36. The molecular formula is C30H32N2O2. The molecule has 1 aromatic heterocycles. The van der Waals surface area contributed by atoms with Crippen LogP contribution in [0.3, 0.4) is 0 Å². The van der Waals surface area contributed by atoms with Gasteiger partial charge < -0.3 is 5.11 Å². The average Bonchev–Trinajstić information content (AvgIpc) is 3.28. The number of carbonyl (C=O) groups is 1. The van der Waals surface area contributed by atoms with Gasteiger partial charge in [0, 0.05) is 41.6 Å². The van der Waals surface area contributed by atoms with Crippen LogP contribution in [-0.2, 0) is 13.0 Å². The van der Waals surface area contributed by atoms with Crippen LogP contribution in [0, 0.1) is 18.3 Å². The van der Waals surface area contributed by atoms with Crippen molar-refractivity contribution >= 4 is 11.5 Å². The fourth-order valence-corrected chi connectivity index (χ4v) is 5.82. The largest absolute Gasteiger partial charge is 0.396 e. The molecule has 1 fully saturated rings. The first-order chi connectivity index (χ1) is 16.5. The fourth-order valence-electron chi connectivity index (χ4n) is 5.82. The zero-order valence-corrected chi connectivity index (χ0v) is 19.8. The summed E-state index contributed by atoms with van der Waals surface area (Å²) in [4.78, 5) is 22.4. The molecule has 0 bridgehead atoms. The van der Waals surface area contributed by atoms with Gasteiger partial charge in [-0.05, 0) is 73.3 Å². The standard InChI is InChI=1S/C30H32N2O2/c1-21-14-25(11-13-31-21)29-27-16-24(9-10-26(27)19-32-29)28(34)15-23-8-5-12-30(18-23,20-33)17-22-6-3-2-4-7-22/h2-4,6-7,9-11,13-14,16,23,33H,5,8,12,15,17-20H2,1H3. The summed E-state index contributed by atoms with van der Waals surface area (Å²) >= 11 is 0. The SMILES string of the molecule is Cc1cc(C2=NCc3ccc(C(=O)CC4CCCC(CO)(Cc5ccccc5)C4)cc32)ccn1. The Hall–Kier alpha value is -3.11. The number of ketones is 1.